The van der Waals surface area contributed by atoms with Crippen molar-refractivity contribution in [1.29, 1.82) is 0 Å². The second-order valence-electron chi connectivity index (χ2n) is 7.19. The van der Waals surface area contributed by atoms with Crippen molar-refractivity contribution in [1.82, 2.24) is 10.6 Å². The Morgan fingerprint density at radius 3 is 2.30 bits per heavy atom. The van der Waals surface area contributed by atoms with E-state index in [0.29, 0.717) is 12.8 Å². The molecule has 1 atom stereocenters. The zero-order valence-electron chi connectivity index (χ0n) is 16.1. The van der Waals surface area contributed by atoms with Crippen molar-refractivity contribution >= 4 is 18.0 Å². The summed E-state index contributed by atoms with van der Waals surface area (Å²) in [4.78, 5) is 37.2. The van der Waals surface area contributed by atoms with E-state index in [4.69, 9.17) is 9.47 Å². The van der Waals surface area contributed by atoms with Gasteiger partial charge in [-0.05, 0) is 24.3 Å². The molecule has 27 heavy (non-hydrogen) atoms. The highest BCUT2D eigenvalue weighted by Gasteiger charge is 2.44. The second-order valence-corrected chi connectivity index (χ2v) is 7.19. The molecular weight excluding hydrogens is 348 g/mol. The van der Waals surface area contributed by atoms with Gasteiger partial charge in [0, 0.05) is 0 Å². The van der Waals surface area contributed by atoms with Crippen LogP contribution in [0.2, 0.25) is 0 Å². The molecule has 1 aliphatic rings. The predicted molar refractivity (Wildman–Crippen MR) is 99.7 cm³/mol. The molecule has 0 spiro atoms. The Labute approximate surface area is 159 Å². The number of amides is 2. The first-order chi connectivity index (χ1) is 12.9. The fraction of sp³-hybridized carbons (Fsp3) is 0.550. The predicted octanol–water partition coefficient (Wildman–Crippen LogP) is 2.54. The summed E-state index contributed by atoms with van der Waals surface area (Å²) < 4.78 is 10.0. The largest absolute Gasteiger partial charge is 0.467 e. The third-order valence-electron chi connectivity index (χ3n) is 4.85. The van der Waals surface area contributed by atoms with Crippen molar-refractivity contribution in [2.45, 2.75) is 57.7 Å². The van der Waals surface area contributed by atoms with E-state index in [2.05, 4.69) is 10.6 Å². The van der Waals surface area contributed by atoms with E-state index in [1.165, 1.54) is 7.11 Å². The lowest BCUT2D eigenvalue weighted by Crippen LogP contribution is -2.60. The van der Waals surface area contributed by atoms with E-state index in [-0.39, 0.29) is 18.4 Å². The van der Waals surface area contributed by atoms with Gasteiger partial charge in [-0.2, -0.15) is 0 Å². The van der Waals surface area contributed by atoms with E-state index in [9.17, 15) is 14.4 Å². The summed E-state index contributed by atoms with van der Waals surface area (Å²) in [5.74, 6) is -1.01. The summed E-state index contributed by atoms with van der Waals surface area (Å²) in [6.45, 7) is 3.77. The molecule has 0 radical (unpaired) electrons. The topological polar surface area (TPSA) is 93.7 Å². The van der Waals surface area contributed by atoms with Crippen LogP contribution in [0, 0.1) is 5.92 Å². The van der Waals surface area contributed by atoms with Gasteiger partial charge in [-0.3, -0.25) is 4.79 Å². The monoisotopic (exact) mass is 376 g/mol. The molecule has 7 heteroatoms. The van der Waals surface area contributed by atoms with Crippen molar-refractivity contribution in [2.24, 2.45) is 5.92 Å². The zero-order valence-corrected chi connectivity index (χ0v) is 16.1. The summed E-state index contributed by atoms with van der Waals surface area (Å²) in [5, 5.41) is 5.48. The number of carbonyl (C=O) groups is 3. The number of rotatable bonds is 7. The molecule has 0 aliphatic heterocycles. The summed E-state index contributed by atoms with van der Waals surface area (Å²) in [7, 11) is 1.29. The first-order valence-electron chi connectivity index (χ1n) is 9.25. The first-order valence-corrected chi connectivity index (χ1v) is 9.25. The Hall–Kier alpha value is -2.57. The standard InChI is InChI=1S/C20H28N2O5/c1-14(2)16(17(23)26-3)21-18(24)20(11-7-8-12-20)22-19(25)27-13-15-9-5-4-6-10-15/h4-6,9-10,14,16H,7-8,11-13H2,1-3H3,(H,21,24)(H,22,25). The summed E-state index contributed by atoms with van der Waals surface area (Å²) >= 11 is 0. The quantitative estimate of drug-likeness (QED) is 0.713. The van der Waals surface area contributed by atoms with Crippen molar-refractivity contribution < 1.29 is 23.9 Å². The lowest BCUT2D eigenvalue weighted by molar-refractivity contribution is -0.147. The van der Waals surface area contributed by atoms with Crippen LogP contribution in [0.3, 0.4) is 0 Å². The molecule has 1 fully saturated rings. The average Bonchev–Trinajstić information content (AvgIpc) is 3.14. The van der Waals surface area contributed by atoms with Crippen LogP contribution in [0.4, 0.5) is 4.79 Å². The second kappa shape index (κ2) is 9.39. The van der Waals surface area contributed by atoms with E-state index >= 15 is 0 Å². The molecule has 2 N–H and O–H groups in total. The number of carbonyl (C=O) groups excluding carboxylic acids is 3. The Bertz CT molecular complexity index is 654. The normalized spacial score (nSPS) is 16.4. The maximum absolute atomic E-state index is 12.9. The fourth-order valence-corrected chi connectivity index (χ4v) is 3.25. The average molecular weight is 376 g/mol. The molecule has 1 saturated carbocycles. The van der Waals surface area contributed by atoms with Crippen molar-refractivity contribution in [3.63, 3.8) is 0 Å². The fourth-order valence-electron chi connectivity index (χ4n) is 3.25. The highest BCUT2D eigenvalue weighted by Crippen LogP contribution is 2.30. The van der Waals surface area contributed by atoms with Crippen LogP contribution in [0.25, 0.3) is 0 Å². The Kier molecular flexibility index (Phi) is 7.21. The van der Waals surface area contributed by atoms with E-state index in [1.807, 2.05) is 44.2 Å². The SMILES string of the molecule is COC(=O)C(NC(=O)C1(NC(=O)OCc2ccccc2)CCCC1)C(C)C. The van der Waals surface area contributed by atoms with Gasteiger partial charge in [0.2, 0.25) is 5.91 Å². The van der Waals surface area contributed by atoms with Gasteiger partial charge in [0.25, 0.3) is 0 Å². The van der Waals surface area contributed by atoms with Crippen molar-refractivity contribution in [2.75, 3.05) is 7.11 Å². The number of ether oxygens (including phenoxy) is 2. The molecule has 1 unspecified atom stereocenters. The van der Waals surface area contributed by atoms with Gasteiger partial charge in [-0.15, -0.1) is 0 Å². The third kappa shape index (κ3) is 5.45. The van der Waals surface area contributed by atoms with E-state index in [0.717, 1.165) is 18.4 Å². The van der Waals surface area contributed by atoms with Crippen LogP contribution >= 0.6 is 0 Å². The van der Waals surface area contributed by atoms with Gasteiger partial charge in [0.1, 0.15) is 18.2 Å². The van der Waals surface area contributed by atoms with Gasteiger partial charge in [-0.25, -0.2) is 9.59 Å². The molecule has 7 nitrogen and oxygen atoms in total. The smallest absolute Gasteiger partial charge is 0.408 e. The highest BCUT2D eigenvalue weighted by atomic mass is 16.5. The Morgan fingerprint density at radius 2 is 1.74 bits per heavy atom. The number of esters is 1. The van der Waals surface area contributed by atoms with Crippen LogP contribution < -0.4 is 10.6 Å². The van der Waals surface area contributed by atoms with Gasteiger partial charge in [0.05, 0.1) is 7.11 Å². The van der Waals surface area contributed by atoms with E-state index < -0.39 is 23.6 Å². The Balaban J connectivity index is 2.01. The molecular formula is C20H28N2O5. The molecule has 2 rings (SSSR count). The molecule has 0 saturated heterocycles. The van der Waals surface area contributed by atoms with Crippen molar-refractivity contribution in [3.05, 3.63) is 35.9 Å². The highest BCUT2D eigenvalue weighted by molar-refractivity contribution is 5.93. The maximum atomic E-state index is 12.9. The van der Waals surface area contributed by atoms with Crippen LogP contribution in [-0.4, -0.2) is 36.7 Å². The number of alkyl carbamates (subject to hydrolysis) is 1. The molecule has 1 aliphatic carbocycles. The maximum Gasteiger partial charge on any atom is 0.408 e. The van der Waals surface area contributed by atoms with Crippen LogP contribution in [-0.2, 0) is 25.7 Å². The van der Waals surface area contributed by atoms with Gasteiger partial charge < -0.3 is 20.1 Å². The van der Waals surface area contributed by atoms with Crippen molar-refractivity contribution in [3.8, 4) is 0 Å². The molecule has 0 bridgehead atoms. The minimum absolute atomic E-state index is 0.126. The van der Waals surface area contributed by atoms with Crippen LogP contribution in [0.15, 0.2) is 30.3 Å². The molecule has 0 heterocycles. The summed E-state index contributed by atoms with van der Waals surface area (Å²) in [6.07, 6.45) is 2.00. The third-order valence-corrected chi connectivity index (χ3v) is 4.85. The number of nitrogens with one attached hydrogen (secondary N) is 2. The molecule has 1 aromatic carbocycles. The lowest BCUT2D eigenvalue weighted by atomic mass is 9.94. The Morgan fingerprint density at radius 1 is 1.11 bits per heavy atom. The lowest BCUT2D eigenvalue weighted by Gasteiger charge is -2.31. The zero-order chi connectivity index (χ0) is 19.9. The van der Waals surface area contributed by atoms with E-state index in [1.54, 1.807) is 0 Å². The molecule has 1 aromatic rings. The number of hydrogen-bond donors (Lipinski definition) is 2. The van der Waals surface area contributed by atoms with Crippen LogP contribution in [0.5, 0.6) is 0 Å². The first kappa shape index (κ1) is 20.7. The molecule has 2 amide bonds. The summed E-state index contributed by atoms with van der Waals surface area (Å²) in [6, 6.07) is 8.56. The van der Waals surface area contributed by atoms with Gasteiger partial charge in [-0.1, -0.05) is 57.0 Å². The minimum Gasteiger partial charge on any atom is -0.467 e. The summed E-state index contributed by atoms with van der Waals surface area (Å²) in [5.41, 5.74) is -0.197. The number of methoxy groups -OCH3 is 1. The molecule has 0 aromatic heterocycles. The number of hydrogen-bond acceptors (Lipinski definition) is 5. The van der Waals surface area contributed by atoms with Crippen LogP contribution in [0.1, 0.15) is 45.1 Å². The minimum atomic E-state index is -1.06. The van der Waals surface area contributed by atoms with Gasteiger partial charge >= 0.3 is 12.1 Å². The molecule has 148 valence electrons. The number of benzene rings is 1. The van der Waals surface area contributed by atoms with Gasteiger partial charge in [0.15, 0.2) is 0 Å².